The molecule has 0 atom stereocenters. The second-order valence-electron chi connectivity index (χ2n) is 3.64. The summed E-state index contributed by atoms with van der Waals surface area (Å²) in [7, 11) is 0. The highest BCUT2D eigenvalue weighted by molar-refractivity contribution is 7.09. The maximum absolute atomic E-state index is 11.7. The molecule has 0 spiro atoms. The fraction of sp³-hybridized carbons (Fsp3) is 0.400. The lowest BCUT2D eigenvalue weighted by molar-refractivity contribution is -0.121. The van der Waals surface area contributed by atoms with Gasteiger partial charge in [-0.25, -0.2) is 10.4 Å². The summed E-state index contributed by atoms with van der Waals surface area (Å²) in [6, 6.07) is 0. The van der Waals surface area contributed by atoms with Gasteiger partial charge in [-0.15, -0.1) is 11.3 Å². The zero-order valence-electron chi connectivity index (χ0n) is 9.32. The summed E-state index contributed by atoms with van der Waals surface area (Å²) in [5.41, 5.74) is 5.33. The molecule has 7 heteroatoms. The Balaban J connectivity index is 1.90. The predicted molar refractivity (Wildman–Crippen MR) is 63.5 cm³/mol. The number of thiazole rings is 1. The third-order valence-electron chi connectivity index (χ3n) is 2.42. The van der Waals surface area contributed by atoms with Crippen molar-refractivity contribution < 1.29 is 9.59 Å². The van der Waals surface area contributed by atoms with Gasteiger partial charge in [0.1, 0.15) is 5.71 Å². The fourth-order valence-electron chi connectivity index (χ4n) is 1.40. The lowest BCUT2D eigenvalue weighted by Crippen LogP contribution is -2.36. The molecule has 0 radical (unpaired) electrons. The van der Waals surface area contributed by atoms with Crippen molar-refractivity contribution in [2.45, 2.75) is 26.3 Å². The molecule has 2 amide bonds. The summed E-state index contributed by atoms with van der Waals surface area (Å²) in [6.07, 6.45) is 0.700. The van der Waals surface area contributed by atoms with Crippen LogP contribution in [0, 0.1) is 6.92 Å². The van der Waals surface area contributed by atoms with E-state index in [9.17, 15) is 9.59 Å². The van der Waals surface area contributed by atoms with Gasteiger partial charge in [-0.05, 0) is 6.92 Å². The molecule has 0 aliphatic carbocycles. The zero-order valence-corrected chi connectivity index (χ0v) is 10.1. The predicted octanol–water partition coefficient (Wildman–Crippen LogP) is 0.334. The second-order valence-corrected chi connectivity index (χ2v) is 4.58. The summed E-state index contributed by atoms with van der Waals surface area (Å²) < 4.78 is 0. The number of hydrogen-bond donors (Lipinski definition) is 2. The average Bonchev–Trinajstić information content (AvgIpc) is 2.73. The normalized spacial score (nSPS) is 15.1. The number of hydrazone groups is 1. The summed E-state index contributed by atoms with van der Waals surface area (Å²) in [4.78, 5) is 27.7. The highest BCUT2D eigenvalue weighted by Gasteiger charge is 2.18. The molecule has 2 heterocycles. The van der Waals surface area contributed by atoms with Crippen LogP contribution in [0.2, 0.25) is 0 Å². The van der Waals surface area contributed by atoms with Crippen LogP contribution in [0.3, 0.4) is 0 Å². The van der Waals surface area contributed by atoms with Crippen LogP contribution in [0.5, 0.6) is 0 Å². The van der Waals surface area contributed by atoms with Gasteiger partial charge in [0.25, 0.3) is 5.91 Å². The molecular formula is C10H12N4O2S. The van der Waals surface area contributed by atoms with Crippen LogP contribution in [0.15, 0.2) is 10.6 Å². The summed E-state index contributed by atoms with van der Waals surface area (Å²) in [6.45, 7) is 2.35. The number of amides is 2. The number of aromatic nitrogens is 1. The number of nitrogens with zero attached hydrogens (tertiary/aromatic N) is 2. The van der Waals surface area contributed by atoms with Crippen LogP contribution in [0.1, 0.15) is 23.4 Å². The SMILES string of the molecule is Cc1ncsc1CNC(=O)C1=NNC(=O)CC1. The number of nitrogens with one attached hydrogen (secondary N) is 2. The van der Waals surface area contributed by atoms with Crippen molar-refractivity contribution >= 4 is 28.9 Å². The highest BCUT2D eigenvalue weighted by Crippen LogP contribution is 2.11. The first kappa shape index (κ1) is 11.7. The molecule has 0 saturated carbocycles. The van der Waals surface area contributed by atoms with Gasteiger partial charge in [0.15, 0.2) is 0 Å². The van der Waals surface area contributed by atoms with Crippen LogP contribution in [-0.2, 0) is 16.1 Å². The Morgan fingerprint density at radius 1 is 1.59 bits per heavy atom. The minimum atomic E-state index is -0.238. The number of hydrogen-bond acceptors (Lipinski definition) is 5. The monoisotopic (exact) mass is 252 g/mol. The summed E-state index contributed by atoms with van der Waals surface area (Å²) >= 11 is 1.50. The van der Waals surface area contributed by atoms with E-state index in [-0.39, 0.29) is 11.8 Å². The van der Waals surface area contributed by atoms with Crippen molar-refractivity contribution in [3.05, 3.63) is 16.1 Å². The first-order chi connectivity index (χ1) is 8.16. The third kappa shape index (κ3) is 2.88. The second kappa shape index (κ2) is 5.05. The standard InChI is InChI=1S/C10H12N4O2S/c1-6-8(17-5-12-6)4-11-10(16)7-2-3-9(15)14-13-7/h5H,2-4H2,1H3,(H,11,16)(H,14,15). The Morgan fingerprint density at radius 3 is 3.00 bits per heavy atom. The van der Waals surface area contributed by atoms with E-state index < -0.39 is 0 Å². The molecule has 90 valence electrons. The number of rotatable bonds is 3. The number of carbonyl (C=O) groups excluding carboxylic acids is 2. The van der Waals surface area contributed by atoms with Gasteiger partial charge in [0.2, 0.25) is 5.91 Å². The minimum Gasteiger partial charge on any atom is -0.346 e. The lowest BCUT2D eigenvalue weighted by Gasteiger charge is -2.11. The largest absolute Gasteiger partial charge is 0.346 e. The fourth-order valence-corrected chi connectivity index (χ4v) is 2.11. The van der Waals surface area contributed by atoms with E-state index in [4.69, 9.17) is 0 Å². The molecule has 0 aromatic carbocycles. The number of aryl methyl sites for hydroxylation is 1. The molecule has 1 aliphatic heterocycles. The molecule has 6 nitrogen and oxygen atoms in total. The minimum absolute atomic E-state index is 0.153. The van der Waals surface area contributed by atoms with Crippen molar-refractivity contribution in [2.24, 2.45) is 5.10 Å². The van der Waals surface area contributed by atoms with Crippen molar-refractivity contribution in [1.82, 2.24) is 15.7 Å². The van der Waals surface area contributed by atoms with Gasteiger partial charge in [0.05, 0.1) is 17.7 Å². The van der Waals surface area contributed by atoms with Gasteiger partial charge in [0, 0.05) is 17.7 Å². The first-order valence-electron chi connectivity index (χ1n) is 5.19. The van der Waals surface area contributed by atoms with Crippen molar-refractivity contribution in [1.29, 1.82) is 0 Å². The molecule has 17 heavy (non-hydrogen) atoms. The van der Waals surface area contributed by atoms with Gasteiger partial charge in [-0.3, -0.25) is 9.59 Å². The Morgan fingerprint density at radius 2 is 2.41 bits per heavy atom. The molecule has 1 aliphatic rings. The van der Waals surface area contributed by atoms with Crippen LogP contribution < -0.4 is 10.7 Å². The Hall–Kier alpha value is -1.76. The van der Waals surface area contributed by atoms with E-state index >= 15 is 0 Å². The van der Waals surface area contributed by atoms with Crippen molar-refractivity contribution in [2.75, 3.05) is 0 Å². The molecule has 0 bridgehead atoms. The topological polar surface area (TPSA) is 83.4 Å². The van der Waals surface area contributed by atoms with E-state index in [1.165, 1.54) is 11.3 Å². The van der Waals surface area contributed by atoms with Gasteiger partial charge >= 0.3 is 0 Å². The summed E-state index contributed by atoms with van der Waals surface area (Å²) in [5, 5.41) is 6.49. The maximum atomic E-state index is 11.7. The average molecular weight is 252 g/mol. The molecule has 1 aromatic rings. The van der Waals surface area contributed by atoms with E-state index in [0.717, 1.165) is 10.6 Å². The Labute approximate surface area is 102 Å². The molecule has 0 saturated heterocycles. The van der Waals surface area contributed by atoms with E-state index in [0.29, 0.717) is 25.1 Å². The van der Waals surface area contributed by atoms with E-state index in [1.54, 1.807) is 5.51 Å². The first-order valence-corrected chi connectivity index (χ1v) is 6.07. The lowest BCUT2D eigenvalue weighted by atomic mass is 10.1. The van der Waals surface area contributed by atoms with Crippen LogP contribution in [0.4, 0.5) is 0 Å². The molecule has 2 N–H and O–H groups in total. The van der Waals surface area contributed by atoms with E-state index in [2.05, 4.69) is 20.8 Å². The van der Waals surface area contributed by atoms with Gasteiger partial charge in [-0.1, -0.05) is 0 Å². The van der Waals surface area contributed by atoms with Crippen LogP contribution in [-0.4, -0.2) is 22.5 Å². The van der Waals surface area contributed by atoms with Gasteiger partial charge < -0.3 is 5.32 Å². The zero-order chi connectivity index (χ0) is 12.3. The van der Waals surface area contributed by atoms with Crippen molar-refractivity contribution in [3.8, 4) is 0 Å². The van der Waals surface area contributed by atoms with Gasteiger partial charge in [-0.2, -0.15) is 5.10 Å². The van der Waals surface area contributed by atoms with E-state index in [1.807, 2.05) is 6.92 Å². The Bertz CT molecular complexity index is 480. The smallest absolute Gasteiger partial charge is 0.267 e. The quantitative estimate of drug-likeness (QED) is 0.813. The Kier molecular flexibility index (Phi) is 3.48. The maximum Gasteiger partial charge on any atom is 0.267 e. The van der Waals surface area contributed by atoms with Crippen molar-refractivity contribution in [3.63, 3.8) is 0 Å². The molecule has 0 fully saturated rings. The van der Waals surface area contributed by atoms with Crippen LogP contribution >= 0.6 is 11.3 Å². The molecule has 0 unspecified atom stereocenters. The molecular weight excluding hydrogens is 240 g/mol. The number of carbonyl (C=O) groups is 2. The highest BCUT2D eigenvalue weighted by atomic mass is 32.1. The van der Waals surface area contributed by atoms with Crippen LogP contribution in [0.25, 0.3) is 0 Å². The third-order valence-corrected chi connectivity index (χ3v) is 3.36. The molecule has 2 rings (SSSR count). The summed E-state index contributed by atoms with van der Waals surface area (Å²) in [5.74, 6) is -0.391. The molecule has 1 aromatic heterocycles.